The Bertz CT molecular complexity index is 249. The molecule has 2 fully saturated rings. The van der Waals surface area contributed by atoms with Crippen molar-refractivity contribution in [2.75, 3.05) is 26.8 Å². The van der Waals surface area contributed by atoms with Gasteiger partial charge in [0.15, 0.2) is 0 Å². The number of fused-ring (bicyclic) bond motifs is 1. The minimum atomic E-state index is 0.821. The monoisotopic (exact) mass is 271 g/mol. The van der Waals surface area contributed by atoms with Crippen molar-refractivity contribution in [3.05, 3.63) is 0 Å². The van der Waals surface area contributed by atoms with E-state index in [1.54, 1.807) is 7.11 Å². The standard InChI is InChI=1S/C15H29NOS/c1-12-6-7-15-14(10-12)16(11-13(2)18-15)8-4-5-9-17-3/h12-15H,4-11H2,1-3H3/t12-,13?,14?,15+/m1/s1. The summed E-state index contributed by atoms with van der Waals surface area (Å²) in [5, 5.41) is 1.73. The summed E-state index contributed by atoms with van der Waals surface area (Å²) in [7, 11) is 1.80. The molecule has 0 aromatic carbocycles. The molecule has 1 saturated carbocycles. The van der Waals surface area contributed by atoms with E-state index < -0.39 is 0 Å². The summed E-state index contributed by atoms with van der Waals surface area (Å²) in [6, 6.07) is 0.859. The van der Waals surface area contributed by atoms with E-state index >= 15 is 0 Å². The van der Waals surface area contributed by atoms with Gasteiger partial charge in [-0.25, -0.2) is 0 Å². The summed E-state index contributed by atoms with van der Waals surface area (Å²) >= 11 is 2.25. The highest BCUT2D eigenvalue weighted by Gasteiger charge is 2.37. The van der Waals surface area contributed by atoms with E-state index in [1.807, 2.05) is 0 Å². The van der Waals surface area contributed by atoms with Crippen molar-refractivity contribution in [3.8, 4) is 0 Å². The first-order valence-electron chi connectivity index (χ1n) is 7.59. The van der Waals surface area contributed by atoms with E-state index in [0.717, 1.165) is 29.1 Å². The smallest absolute Gasteiger partial charge is 0.0462 e. The van der Waals surface area contributed by atoms with Gasteiger partial charge in [0.2, 0.25) is 0 Å². The molecule has 1 heterocycles. The van der Waals surface area contributed by atoms with Crippen molar-refractivity contribution in [2.45, 2.75) is 62.5 Å². The fraction of sp³-hybridized carbons (Fsp3) is 1.00. The summed E-state index contributed by atoms with van der Waals surface area (Å²) in [5.41, 5.74) is 0. The molecule has 0 aromatic heterocycles. The summed E-state index contributed by atoms with van der Waals surface area (Å²) < 4.78 is 5.15. The quantitative estimate of drug-likeness (QED) is 0.711. The fourth-order valence-electron chi connectivity index (χ4n) is 3.49. The summed E-state index contributed by atoms with van der Waals surface area (Å²) in [4.78, 5) is 2.79. The number of hydrogen-bond donors (Lipinski definition) is 0. The van der Waals surface area contributed by atoms with E-state index in [-0.39, 0.29) is 0 Å². The molecule has 1 saturated heterocycles. The van der Waals surface area contributed by atoms with Crippen molar-refractivity contribution >= 4 is 11.8 Å². The third-order valence-corrected chi connectivity index (χ3v) is 5.94. The first-order valence-corrected chi connectivity index (χ1v) is 8.53. The normalized spacial score (nSPS) is 37.5. The second kappa shape index (κ2) is 7.16. The van der Waals surface area contributed by atoms with Crippen LogP contribution >= 0.6 is 11.8 Å². The Hall–Kier alpha value is 0.270. The zero-order valence-electron chi connectivity index (χ0n) is 12.2. The zero-order valence-corrected chi connectivity index (χ0v) is 13.0. The molecular weight excluding hydrogens is 242 g/mol. The van der Waals surface area contributed by atoms with Gasteiger partial charge >= 0.3 is 0 Å². The second-order valence-electron chi connectivity index (χ2n) is 6.17. The molecule has 2 rings (SSSR count). The maximum Gasteiger partial charge on any atom is 0.0462 e. The van der Waals surface area contributed by atoms with Crippen molar-refractivity contribution < 1.29 is 4.74 Å². The average Bonchev–Trinajstić information content (AvgIpc) is 2.35. The molecular formula is C15H29NOS. The number of thioether (sulfide) groups is 1. The van der Waals surface area contributed by atoms with Gasteiger partial charge in [-0.2, -0.15) is 11.8 Å². The highest BCUT2D eigenvalue weighted by Crippen LogP contribution is 2.40. The zero-order chi connectivity index (χ0) is 13.0. The van der Waals surface area contributed by atoms with Gasteiger partial charge in [-0.1, -0.05) is 13.8 Å². The van der Waals surface area contributed by atoms with Gasteiger partial charge in [0.05, 0.1) is 0 Å². The molecule has 0 N–H and O–H groups in total. The van der Waals surface area contributed by atoms with Gasteiger partial charge in [0.1, 0.15) is 0 Å². The molecule has 18 heavy (non-hydrogen) atoms. The highest BCUT2D eigenvalue weighted by molar-refractivity contribution is 8.00. The van der Waals surface area contributed by atoms with Crippen LogP contribution < -0.4 is 0 Å². The highest BCUT2D eigenvalue weighted by atomic mass is 32.2. The van der Waals surface area contributed by atoms with Crippen molar-refractivity contribution in [1.29, 1.82) is 0 Å². The van der Waals surface area contributed by atoms with E-state index in [0.29, 0.717) is 0 Å². The van der Waals surface area contributed by atoms with Crippen LogP contribution in [-0.2, 0) is 4.74 Å². The lowest BCUT2D eigenvalue weighted by Gasteiger charge is -2.47. The first kappa shape index (κ1) is 14.7. The molecule has 1 aliphatic heterocycles. The number of rotatable bonds is 5. The molecule has 0 radical (unpaired) electrons. The number of methoxy groups -OCH3 is 1. The topological polar surface area (TPSA) is 12.5 Å². The number of nitrogens with zero attached hydrogens (tertiary/aromatic N) is 1. The van der Waals surface area contributed by atoms with E-state index in [4.69, 9.17) is 4.74 Å². The van der Waals surface area contributed by atoms with Crippen molar-refractivity contribution in [2.24, 2.45) is 5.92 Å². The lowest BCUT2D eigenvalue weighted by atomic mass is 9.85. The average molecular weight is 271 g/mol. The summed E-state index contributed by atoms with van der Waals surface area (Å²) in [6.07, 6.45) is 6.81. The maximum absolute atomic E-state index is 5.15. The summed E-state index contributed by atoms with van der Waals surface area (Å²) in [6.45, 7) is 8.33. The predicted molar refractivity (Wildman–Crippen MR) is 80.3 cm³/mol. The largest absolute Gasteiger partial charge is 0.385 e. The Balaban J connectivity index is 1.85. The van der Waals surface area contributed by atoms with Crippen LogP contribution in [0.25, 0.3) is 0 Å². The third-order valence-electron chi connectivity index (χ3n) is 4.43. The number of ether oxygens (including phenoxy) is 1. The van der Waals surface area contributed by atoms with Crippen molar-refractivity contribution in [3.63, 3.8) is 0 Å². The molecule has 0 bridgehead atoms. The lowest BCUT2D eigenvalue weighted by molar-refractivity contribution is 0.124. The number of hydrogen-bond acceptors (Lipinski definition) is 3. The van der Waals surface area contributed by atoms with Crippen LogP contribution in [-0.4, -0.2) is 48.2 Å². The molecule has 0 aromatic rings. The van der Waals surface area contributed by atoms with E-state index in [2.05, 4.69) is 30.5 Å². The second-order valence-corrected chi connectivity index (χ2v) is 7.85. The van der Waals surface area contributed by atoms with Crippen LogP contribution in [0.3, 0.4) is 0 Å². The van der Waals surface area contributed by atoms with Crippen LogP contribution in [0.2, 0.25) is 0 Å². The van der Waals surface area contributed by atoms with E-state index in [1.165, 1.54) is 45.2 Å². The van der Waals surface area contributed by atoms with Crippen molar-refractivity contribution in [1.82, 2.24) is 4.90 Å². The van der Waals surface area contributed by atoms with Gasteiger partial charge in [-0.15, -0.1) is 0 Å². The van der Waals surface area contributed by atoms with E-state index in [9.17, 15) is 0 Å². The molecule has 2 nitrogen and oxygen atoms in total. The molecule has 106 valence electrons. The molecule has 3 heteroatoms. The number of unbranched alkanes of at least 4 members (excludes halogenated alkanes) is 1. The molecule has 0 amide bonds. The molecule has 4 atom stereocenters. The minimum absolute atomic E-state index is 0.821. The van der Waals surface area contributed by atoms with Crippen LogP contribution in [0, 0.1) is 5.92 Å². The Morgan fingerprint density at radius 3 is 2.83 bits per heavy atom. The van der Waals surface area contributed by atoms with Crippen LogP contribution in [0.1, 0.15) is 46.0 Å². The Morgan fingerprint density at radius 2 is 2.06 bits per heavy atom. The SMILES string of the molecule is COCCCCN1CC(C)S[C@H]2CC[C@@H](C)CC21. The maximum atomic E-state index is 5.15. The molecule has 0 spiro atoms. The van der Waals surface area contributed by atoms with Crippen LogP contribution in [0.15, 0.2) is 0 Å². The predicted octanol–water partition coefficient (Wildman–Crippen LogP) is 3.41. The lowest BCUT2D eigenvalue weighted by Crippen LogP contribution is -2.52. The Kier molecular flexibility index (Phi) is 5.84. The Morgan fingerprint density at radius 1 is 1.22 bits per heavy atom. The Labute approximate surface area is 117 Å². The third kappa shape index (κ3) is 3.88. The molecule has 1 aliphatic carbocycles. The molecule has 2 unspecified atom stereocenters. The summed E-state index contributed by atoms with van der Waals surface area (Å²) in [5.74, 6) is 0.932. The van der Waals surface area contributed by atoms with Gasteiger partial charge in [-0.05, 0) is 44.6 Å². The van der Waals surface area contributed by atoms with Crippen LogP contribution in [0.4, 0.5) is 0 Å². The van der Waals surface area contributed by atoms with Gasteiger partial charge in [0, 0.05) is 36.8 Å². The van der Waals surface area contributed by atoms with Gasteiger partial charge in [-0.3, -0.25) is 4.90 Å². The van der Waals surface area contributed by atoms with Gasteiger partial charge < -0.3 is 4.74 Å². The molecule has 2 aliphatic rings. The minimum Gasteiger partial charge on any atom is -0.385 e. The fourth-order valence-corrected chi connectivity index (χ4v) is 5.10. The first-order chi connectivity index (χ1) is 8.70. The van der Waals surface area contributed by atoms with Gasteiger partial charge in [0.25, 0.3) is 0 Å². The van der Waals surface area contributed by atoms with Crippen LogP contribution in [0.5, 0.6) is 0 Å².